The van der Waals surface area contributed by atoms with Gasteiger partial charge in [0, 0.05) is 25.2 Å². The van der Waals surface area contributed by atoms with E-state index >= 15 is 0 Å². The minimum absolute atomic E-state index is 0.307. The second kappa shape index (κ2) is 4.60. The molecule has 82 valence electrons. The molecule has 2 atom stereocenters. The SMILES string of the molecule is CCCC1CCC(=O)CC1n1cccn1. The van der Waals surface area contributed by atoms with E-state index in [-0.39, 0.29) is 0 Å². The van der Waals surface area contributed by atoms with E-state index < -0.39 is 0 Å². The van der Waals surface area contributed by atoms with Gasteiger partial charge in [-0.15, -0.1) is 0 Å². The van der Waals surface area contributed by atoms with Crippen LogP contribution in [0.4, 0.5) is 0 Å². The summed E-state index contributed by atoms with van der Waals surface area (Å²) in [6.45, 7) is 2.20. The Labute approximate surface area is 90.5 Å². The number of rotatable bonds is 3. The molecule has 3 nitrogen and oxygen atoms in total. The smallest absolute Gasteiger partial charge is 0.135 e. The van der Waals surface area contributed by atoms with Crippen LogP contribution in [0.5, 0.6) is 0 Å². The maximum Gasteiger partial charge on any atom is 0.135 e. The molecule has 1 saturated carbocycles. The molecule has 0 spiro atoms. The van der Waals surface area contributed by atoms with Crippen LogP contribution in [-0.4, -0.2) is 15.6 Å². The lowest BCUT2D eigenvalue weighted by Crippen LogP contribution is -2.28. The zero-order chi connectivity index (χ0) is 10.7. The van der Waals surface area contributed by atoms with E-state index in [1.165, 1.54) is 12.8 Å². The van der Waals surface area contributed by atoms with Gasteiger partial charge in [-0.3, -0.25) is 9.48 Å². The van der Waals surface area contributed by atoms with E-state index in [2.05, 4.69) is 12.0 Å². The molecule has 1 heterocycles. The molecule has 1 aliphatic carbocycles. The Morgan fingerprint density at radius 3 is 3.13 bits per heavy atom. The number of carbonyl (C=O) groups excluding carboxylic acids is 1. The van der Waals surface area contributed by atoms with Crippen molar-refractivity contribution in [3.8, 4) is 0 Å². The summed E-state index contributed by atoms with van der Waals surface area (Å²) in [6, 6.07) is 2.24. The van der Waals surface area contributed by atoms with Crippen LogP contribution in [0, 0.1) is 5.92 Å². The second-order valence-corrected chi connectivity index (χ2v) is 4.38. The predicted octanol–water partition coefficient (Wildman–Crippen LogP) is 2.59. The minimum Gasteiger partial charge on any atom is -0.300 e. The summed E-state index contributed by atoms with van der Waals surface area (Å²) in [5, 5.41) is 4.27. The highest BCUT2D eigenvalue weighted by Gasteiger charge is 2.29. The molecule has 0 bridgehead atoms. The molecule has 1 fully saturated rings. The summed E-state index contributed by atoms with van der Waals surface area (Å²) in [5.74, 6) is 1.02. The van der Waals surface area contributed by atoms with Gasteiger partial charge in [0.15, 0.2) is 0 Å². The van der Waals surface area contributed by atoms with Crippen LogP contribution < -0.4 is 0 Å². The summed E-state index contributed by atoms with van der Waals surface area (Å²) in [4.78, 5) is 11.5. The van der Waals surface area contributed by atoms with Crippen molar-refractivity contribution in [2.75, 3.05) is 0 Å². The lowest BCUT2D eigenvalue weighted by atomic mass is 9.81. The summed E-state index contributed by atoms with van der Waals surface area (Å²) in [6.07, 6.45) is 8.65. The number of Topliss-reactive ketones (excluding diaryl/α,β-unsaturated/α-hetero) is 1. The van der Waals surface area contributed by atoms with E-state index in [4.69, 9.17) is 0 Å². The first-order chi connectivity index (χ1) is 7.31. The Balaban J connectivity index is 2.13. The fraction of sp³-hybridized carbons (Fsp3) is 0.667. The van der Waals surface area contributed by atoms with Gasteiger partial charge in [0.1, 0.15) is 5.78 Å². The highest BCUT2D eigenvalue weighted by atomic mass is 16.1. The zero-order valence-corrected chi connectivity index (χ0v) is 9.22. The van der Waals surface area contributed by atoms with Crippen LogP contribution in [0.25, 0.3) is 0 Å². The molecule has 15 heavy (non-hydrogen) atoms. The Hall–Kier alpha value is -1.12. The fourth-order valence-electron chi connectivity index (χ4n) is 2.53. The van der Waals surface area contributed by atoms with Crippen molar-refractivity contribution in [2.24, 2.45) is 5.92 Å². The average molecular weight is 206 g/mol. The zero-order valence-electron chi connectivity index (χ0n) is 9.22. The Morgan fingerprint density at radius 1 is 1.60 bits per heavy atom. The van der Waals surface area contributed by atoms with Crippen LogP contribution in [-0.2, 0) is 4.79 Å². The van der Waals surface area contributed by atoms with Gasteiger partial charge in [-0.05, 0) is 24.8 Å². The number of nitrogens with zero attached hydrogens (tertiary/aromatic N) is 2. The normalized spacial score (nSPS) is 26.9. The monoisotopic (exact) mass is 206 g/mol. The van der Waals surface area contributed by atoms with Crippen LogP contribution >= 0.6 is 0 Å². The Bertz CT molecular complexity index is 318. The van der Waals surface area contributed by atoms with Gasteiger partial charge < -0.3 is 0 Å². The molecule has 1 aliphatic rings. The number of hydrogen-bond donors (Lipinski definition) is 0. The standard InChI is InChI=1S/C12H18N2O/c1-2-4-10-5-6-11(15)9-12(10)14-8-3-7-13-14/h3,7-8,10,12H,2,4-6,9H2,1H3. The van der Waals surface area contributed by atoms with Crippen LogP contribution in [0.3, 0.4) is 0 Å². The van der Waals surface area contributed by atoms with E-state index in [9.17, 15) is 4.79 Å². The van der Waals surface area contributed by atoms with Crippen LogP contribution in [0.2, 0.25) is 0 Å². The van der Waals surface area contributed by atoms with Gasteiger partial charge in [0.2, 0.25) is 0 Å². The van der Waals surface area contributed by atoms with E-state index in [0.29, 0.717) is 24.2 Å². The molecule has 1 aromatic heterocycles. The summed E-state index contributed by atoms with van der Waals surface area (Å²) in [7, 11) is 0. The first-order valence-electron chi connectivity index (χ1n) is 5.82. The van der Waals surface area contributed by atoms with Crippen molar-refractivity contribution in [2.45, 2.75) is 45.1 Å². The number of ketones is 1. The maximum atomic E-state index is 11.5. The topological polar surface area (TPSA) is 34.9 Å². The third-order valence-electron chi connectivity index (χ3n) is 3.30. The first kappa shape index (κ1) is 10.4. The van der Waals surface area contributed by atoms with E-state index in [0.717, 1.165) is 12.8 Å². The number of hydrogen-bond acceptors (Lipinski definition) is 2. The van der Waals surface area contributed by atoms with Gasteiger partial charge in [0.25, 0.3) is 0 Å². The summed E-state index contributed by atoms with van der Waals surface area (Å²) < 4.78 is 1.97. The lowest BCUT2D eigenvalue weighted by molar-refractivity contribution is -0.122. The predicted molar refractivity (Wildman–Crippen MR) is 58.5 cm³/mol. The molecule has 0 N–H and O–H groups in total. The molecule has 0 amide bonds. The van der Waals surface area contributed by atoms with Crippen molar-refractivity contribution < 1.29 is 4.79 Å². The molecular weight excluding hydrogens is 188 g/mol. The fourth-order valence-corrected chi connectivity index (χ4v) is 2.53. The molecular formula is C12H18N2O. The molecule has 2 unspecified atom stereocenters. The van der Waals surface area contributed by atoms with Crippen molar-refractivity contribution >= 4 is 5.78 Å². The van der Waals surface area contributed by atoms with Gasteiger partial charge in [-0.25, -0.2) is 0 Å². The van der Waals surface area contributed by atoms with Gasteiger partial charge in [-0.1, -0.05) is 13.3 Å². The van der Waals surface area contributed by atoms with Gasteiger partial charge in [0.05, 0.1) is 6.04 Å². The van der Waals surface area contributed by atoms with Crippen molar-refractivity contribution in [3.63, 3.8) is 0 Å². The Kier molecular flexibility index (Phi) is 3.19. The van der Waals surface area contributed by atoms with Crippen molar-refractivity contribution in [3.05, 3.63) is 18.5 Å². The third kappa shape index (κ3) is 2.28. The first-order valence-corrected chi connectivity index (χ1v) is 5.82. The second-order valence-electron chi connectivity index (χ2n) is 4.38. The Morgan fingerprint density at radius 2 is 2.47 bits per heavy atom. The van der Waals surface area contributed by atoms with Crippen LogP contribution in [0.15, 0.2) is 18.5 Å². The van der Waals surface area contributed by atoms with Crippen molar-refractivity contribution in [1.29, 1.82) is 0 Å². The molecule has 3 heteroatoms. The minimum atomic E-state index is 0.307. The lowest BCUT2D eigenvalue weighted by Gasteiger charge is -2.30. The number of carbonyl (C=O) groups is 1. The molecule has 0 saturated heterocycles. The molecule has 0 aromatic carbocycles. The summed E-state index contributed by atoms with van der Waals surface area (Å²) in [5.41, 5.74) is 0. The van der Waals surface area contributed by atoms with E-state index in [1.807, 2.05) is 16.9 Å². The van der Waals surface area contributed by atoms with E-state index in [1.54, 1.807) is 6.20 Å². The summed E-state index contributed by atoms with van der Waals surface area (Å²) >= 11 is 0. The maximum absolute atomic E-state index is 11.5. The average Bonchev–Trinajstić information content (AvgIpc) is 2.74. The van der Waals surface area contributed by atoms with Crippen LogP contribution in [0.1, 0.15) is 45.1 Å². The highest BCUT2D eigenvalue weighted by Crippen LogP contribution is 2.34. The highest BCUT2D eigenvalue weighted by molar-refractivity contribution is 5.79. The van der Waals surface area contributed by atoms with Gasteiger partial charge in [-0.2, -0.15) is 5.10 Å². The molecule has 0 aliphatic heterocycles. The quantitative estimate of drug-likeness (QED) is 0.762. The molecule has 1 aromatic rings. The van der Waals surface area contributed by atoms with Crippen molar-refractivity contribution in [1.82, 2.24) is 9.78 Å². The number of aromatic nitrogens is 2. The molecule has 2 rings (SSSR count). The van der Waals surface area contributed by atoms with Gasteiger partial charge >= 0.3 is 0 Å². The molecule has 0 radical (unpaired) electrons. The largest absolute Gasteiger partial charge is 0.300 e. The third-order valence-corrected chi connectivity index (χ3v) is 3.30.